The molecule has 184 valence electrons. The molecule has 1 aliphatic rings. The van der Waals surface area contributed by atoms with Gasteiger partial charge in [-0.3, -0.25) is 4.57 Å². The van der Waals surface area contributed by atoms with Crippen molar-refractivity contribution in [2.24, 2.45) is 0 Å². The summed E-state index contributed by atoms with van der Waals surface area (Å²) in [6, 6.07) is 16.2. The van der Waals surface area contributed by atoms with E-state index in [1.807, 2.05) is 54.8 Å². The van der Waals surface area contributed by atoms with E-state index in [4.69, 9.17) is 20.2 Å². The molecule has 3 heterocycles. The Morgan fingerprint density at radius 1 is 1.03 bits per heavy atom. The summed E-state index contributed by atoms with van der Waals surface area (Å²) in [6.45, 7) is 8.54. The van der Waals surface area contributed by atoms with Crippen molar-refractivity contribution < 1.29 is 9.47 Å². The van der Waals surface area contributed by atoms with Crippen LogP contribution in [0.1, 0.15) is 40.7 Å². The largest absolute Gasteiger partial charge is 0.497 e. The van der Waals surface area contributed by atoms with Crippen LogP contribution in [0.3, 0.4) is 0 Å². The number of hydrogen-bond acceptors (Lipinski definition) is 6. The highest BCUT2D eigenvalue weighted by molar-refractivity contribution is 5.93. The summed E-state index contributed by atoms with van der Waals surface area (Å²) in [5.74, 6) is 2.94. The van der Waals surface area contributed by atoms with Gasteiger partial charge >= 0.3 is 0 Å². The maximum absolute atomic E-state index is 9.97. The zero-order valence-corrected chi connectivity index (χ0v) is 21.3. The lowest BCUT2D eigenvalue weighted by molar-refractivity contribution is 0.303. The molecule has 0 bridgehead atoms. The van der Waals surface area contributed by atoms with E-state index in [9.17, 15) is 5.26 Å². The first-order valence-corrected chi connectivity index (χ1v) is 12.3. The second-order valence-electron chi connectivity index (χ2n) is 9.39. The molecule has 7 heteroatoms. The maximum Gasteiger partial charge on any atom is 0.150 e. The highest BCUT2D eigenvalue weighted by Gasteiger charge is 2.24. The minimum atomic E-state index is 0.400. The third-order valence-corrected chi connectivity index (χ3v) is 7.02. The van der Waals surface area contributed by atoms with E-state index in [0.717, 1.165) is 76.6 Å². The zero-order valence-electron chi connectivity index (χ0n) is 21.3. The van der Waals surface area contributed by atoms with Crippen molar-refractivity contribution in [3.05, 3.63) is 70.3 Å². The minimum absolute atomic E-state index is 0.400. The van der Waals surface area contributed by atoms with E-state index < -0.39 is 0 Å². The van der Waals surface area contributed by atoms with Gasteiger partial charge in [0.2, 0.25) is 0 Å². The van der Waals surface area contributed by atoms with Crippen molar-refractivity contribution in [3.8, 4) is 23.3 Å². The molecule has 1 saturated heterocycles. The third kappa shape index (κ3) is 3.99. The number of ether oxygens (including phenoxy) is 2. The SMILES string of the molecule is COc1ccc(COc2ccc(C)c(-n3c(N)c(C#N)c4cc(C)c(N5CCCC5)nc43)c2C)cc1. The van der Waals surface area contributed by atoms with Crippen LogP contribution in [0.5, 0.6) is 11.5 Å². The standard InChI is InChI=1S/C29H31N5O2/c1-18-7-12-25(36-17-21-8-10-22(35-4)11-9-21)20(3)26(18)34-27(31)24(16-30)23-15-19(2)28(32-29(23)34)33-13-5-6-14-33/h7-12,15H,5-6,13-14,17,31H2,1-4H3. The van der Waals surface area contributed by atoms with Gasteiger partial charge in [0.15, 0.2) is 0 Å². The quantitative estimate of drug-likeness (QED) is 0.386. The predicted octanol–water partition coefficient (Wildman–Crippen LogP) is 5.59. The van der Waals surface area contributed by atoms with Crippen molar-refractivity contribution in [1.82, 2.24) is 9.55 Å². The van der Waals surface area contributed by atoms with Gasteiger partial charge in [0.1, 0.15) is 47.0 Å². The fourth-order valence-corrected chi connectivity index (χ4v) is 5.11. The van der Waals surface area contributed by atoms with Crippen LogP contribution in [0, 0.1) is 32.1 Å². The average Bonchev–Trinajstić information content (AvgIpc) is 3.50. The number of hydrogen-bond donors (Lipinski definition) is 1. The molecule has 2 aromatic heterocycles. The third-order valence-electron chi connectivity index (χ3n) is 7.02. The van der Waals surface area contributed by atoms with E-state index in [1.54, 1.807) is 7.11 Å². The van der Waals surface area contributed by atoms with Crippen LogP contribution in [-0.2, 0) is 6.61 Å². The summed E-state index contributed by atoms with van der Waals surface area (Å²) in [7, 11) is 1.65. The van der Waals surface area contributed by atoms with Crippen LogP contribution < -0.4 is 20.1 Å². The van der Waals surface area contributed by atoms with Gasteiger partial charge in [-0.05, 0) is 74.6 Å². The Balaban J connectivity index is 1.61. The molecule has 0 saturated carbocycles. The summed E-state index contributed by atoms with van der Waals surface area (Å²) in [4.78, 5) is 7.41. The minimum Gasteiger partial charge on any atom is -0.497 e. The van der Waals surface area contributed by atoms with E-state index in [0.29, 0.717) is 23.6 Å². The average molecular weight is 482 g/mol. The first-order valence-electron chi connectivity index (χ1n) is 12.3. The van der Waals surface area contributed by atoms with Gasteiger partial charge < -0.3 is 20.1 Å². The molecule has 36 heavy (non-hydrogen) atoms. The molecular formula is C29H31N5O2. The second kappa shape index (κ2) is 9.46. The normalized spacial score (nSPS) is 13.2. The van der Waals surface area contributed by atoms with Crippen molar-refractivity contribution in [1.29, 1.82) is 5.26 Å². The van der Waals surface area contributed by atoms with Gasteiger partial charge in [-0.1, -0.05) is 18.2 Å². The van der Waals surface area contributed by atoms with Gasteiger partial charge in [0.25, 0.3) is 0 Å². The molecule has 0 amide bonds. The molecule has 0 unspecified atom stereocenters. The Bertz CT molecular complexity index is 1480. The van der Waals surface area contributed by atoms with Gasteiger partial charge in [0, 0.05) is 24.0 Å². The number of methoxy groups -OCH3 is 1. The Morgan fingerprint density at radius 3 is 2.42 bits per heavy atom. The number of pyridine rings is 1. The highest BCUT2D eigenvalue weighted by atomic mass is 16.5. The molecule has 2 N–H and O–H groups in total. The molecule has 0 radical (unpaired) electrons. The maximum atomic E-state index is 9.97. The summed E-state index contributed by atoms with van der Waals surface area (Å²) < 4.78 is 13.4. The van der Waals surface area contributed by atoms with Gasteiger partial charge in [0.05, 0.1) is 12.8 Å². The van der Waals surface area contributed by atoms with Gasteiger partial charge in [-0.15, -0.1) is 0 Å². The predicted molar refractivity (Wildman–Crippen MR) is 143 cm³/mol. The molecule has 0 aliphatic carbocycles. The number of nitrogens with zero attached hydrogens (tertiary/aromatic N) is 4. The smallest absolute Gasteiger partial charge is 0.150 e. The van der Waals surface area contributed by atoms with Crippen molar-refractivity contribution in [3.63, 3.8) is 0 Å². The number of fused-ring (bicyclic) bond motifs is 1. The van der Waals surface area contributed by atoms with Crippen LogP contribution in [0.2, 0.25) is 0 Å². The van der Waals surface area contributed by atoms with Crippen molar-refractivity contribution >= 4 is 22.7 Å². The summed E-state index contributed by atoms with van der Waals surface area (Å²) in [5.41, 5.74) is 12.8. The number of rotatable bonds is 6. The number of nitrogens with two attached hydrogens (primary N) is 1. The van der Waals surface area contributed by atoms with Crippen LogP contribution in [-0.4, -0.2) is 29.8 Å². The molecule has 4 aromatic rings. The zero-order chi connectivity index (χ0) is 25.4. The Kier molecular flexibility index (Phi) is 6.19. The van der Waals surface area contributed by atoms with Crippen LogP contribution >= 0.6 is 0 Å². The van der Waals surface area contributed by atoms with Gasteiger partial charge in [-0.2, -0.15) is 5.26 Å². The number of benzene rings is 2. The summed E-state index contributed by atoms with van der Waals surface area (Å²) in [5, 5.41) is 10.8. The van der Waals surface area contributed by atoms with E-state index in [1.165, 1.54) is 0 Å². The second-order valence-corrected chi connectivity index (χ2v) is 9.39. The monoisotopic (exact) mass is 481 g/mol. The van der Waals surface area contributed by atoms with E-state index in [2.05, 4.69) is 24.0 Å². The number of nitrogen functional groups attached to an aromatic ring is 1. The van der Waals surface area contributed by atoms with Crippen molar-refractivity contribution in [2.45, 2.75) is 40.2 Å². The lowest BCUT2D eigenvalue weighted by atomic mass is 10.1. The summed E-state index contributed by atoms with van der Waals surface area (Å²) in [6.07, 6.45) is 2.33. The first kappa shape index (κ1) is 23.6. The first-order chi connectivity index (χ1) is 17.4. The van der Waals surface area contributed by atoms with E-state index >= 15 is 0 Å². The van der Waals surface area contributed by atoms with Crippen LogP contribution in [0.25, 0.3) is 16.7 Å². The van der Waals surface area contributed by atoms with Crippen LogP contribution in [0.15, 0.2) is 42.5 Å². The lowest BCUT2D eigenvalue weighted by Gasteiger charge is -2.21. The molecular weight excluding hydrogens is 450 g/mol. The number of nitriles is 1. The molecule has 7 nitrogen and oxygen atoms in total. The highest BCUT2D eigenvalue weighted by Crippen LogP contribution is 2.38. The molecule has 1 fully saturated rings. The fraction of sp³-hybridized carbons (Fsp3) is 0.310. The Labute approximate surface area is 211 Å². The molecule has 2 aromatic carbocycles. The fourth-order valence-electron chi connectivity index (χ4n) is 5.11. The van der Waals surface area contributed by atoms with Crippen LogP contribution in [0.4, 0.5) is 11.6 Å². The van der Waals surface area contributed by atoms with Crippen molar-refractivity contribution in [2.75, 3.05) is 30.8 Å². The topological polar surface area (TPSA) is 89.3 Å². The Hall–Kier alpha value is -4.18. The Morgan fingerprint density at radius 2 is 1.75 bits per heavy atom. The van der Waals surface area contributed by atoms with Gasteiger partial charge in [-0.25, -0.2) is 4.98 Å². The molecule has 1 aliphatic heterocycles. The molecule has 0 spiro atoms. The molecule has 5 rings (SSSR count). The molecule has 0 atom stereocenters. The number of aryl methyl sites for hydroxylation is 2. The summed E-state index contributed by atoms with van der Waals surface area (Å²) >= 11 is 0. The van der Waals surface area contributed by atoms with E-state index in [-0.39, 0.29) is 0 Å². The lowest BCUT2D eigenvalue weighted by Crippen LogP contribution is -2.20. The number of anilines is 2. The number of aromatic nitrogens is 2.